The van der Waals surface area contributed by atoms with Gasteiger partial charge in [0, 0.05) is 38.3 Å². The summed E-state index contributed by atoms with van der Waals surface area (Å²) in [6, 6.07) is 0. The molecule has 1 N–H and O–H groups in total. The van der Waals surface area contributed by atoms with Gasteiger partial charge in [-0.2, -0.15) is 0 Å². The monoisotopic (exact) mass is 215 g/mol. The summed E-state index contributed by atoms with van der Waals surface area (Å²) in [4.78, 5) is 7.70. The molecule has 0 spiro atoms. The third kappa shape index (κ3) is 3.25. The molecule has 4 nitrogen and oxygen atoms in total. The molecule has 1 heterocycles. The molecule has 1 aromatic rings. The van der Waals surface area contributed by atoms with Gasteiger partial charge in [-0.15, -0.1) is 11.3 Å². The number of hydrogen-bond acceptors (Lipinski definition) is 5. The number of hydrogen-bond donors (Lipinski definition) is 1. The fourth-order valence-corrected chi connectivity index (χ4v) is 1.96. The number of nitrogens with zero attached hydrogens (tertiary/aromatic N) is 2. The van der Waals surface area contributed by atoms with Gasteiger partial charge in [-0.1, -0.05) is 0 Å². The zero-order chi connectivity index (χ0) is 10.4. The fraction of sp³-hybridized carbons (Fsp3) is 0.667. The van der Waals surface area contributed by atoms with Gasteiger partial charge in [0.15, 0.2) is 5.13 Å². The van der Waals surface area contributed by atoms with Crippen molar-refractivity contribution in [2.24, 2.45) is 0 Å². The molecule has 5 heteroatoms. The summed E-state index contributed by atoms with van der Waals surface area (Å²) in [5.74, 6) is 0. The van der Waals surface area contributed by atoms with Gasteiger partial charge < -0.3 is 15.0 Å². The normalized spacial score (nSPS) is 10.5. The van der Waals surface area contributed by atoms with Crippen LogP contribution >= 0.6 is 11.3 Å². The molecule has 0 saturated heterocycles. The first-order valence-electron chi connectivity index (χ1n) is 4.57. The Morgan fingerprint density at radius 1 is 1.64 bits per heavy atom. The topological polar surface area (TPSA) is 37.4 Å². The molecule has 0 amide bonds. The van der Waals surface area contributed by atoms with Gasteiger partial charge in [-0.05, 0) is 7.05 Å². The smallest absolute Gasteiger partial charge is 0.185 e. The molecule has 0 atom stereocenters. The maximum Gasteiger partial charge on any atom is 0.185 e. The third-order valence-electron chi connectivity index (χ3n) is 1.85. The molecule has 0 radical (unpaired) electrons. The Morgan fingerprint density at radius 2 is 2.43 bits per heavy atom. The number of aromatic nitrogens is 1. The highest BCUT2D eigenvalue weighted by Gasteiger charge is 2.05. The summed E-state index contributed by atoms with van der Waals surface area (Å²) < 4.78 is 5.01. The quantitative estimate of drug-likeness (QED) is 0.766. The Morgan fingerprint density at radius 3 is 3.07 bits per heavy atom. The second kappa shape index (κ2) is 5.95. The lowest BCUT2D eigenvalue weighted by Crippen LogP contribution is -2.21. The summed E-state index contributed by atoms with van der Waals surface area (Å²) in [5.41, 5.74) is 0. The van der Waals surface area contributed by atoms with Crippen LogP contribution in [-0.2, 0) is 11.3 Å². The molecular formula is C9H17N3OS. The van der Waals surface area contributed by atoms with Gasteiger partial charge in [0.05, 0.1) is 6.61 Å². The van der Waals surface area contributed by atoms with Gasteiger partial charge in [-0.3, -0.25) is 0 Å². The van der Waals surface area contributed by atoms with Crippen molar-refractivity contribution in [1.82, 2.24) is 10.3 Å². The van der Waals surface area contributed by atoms with Crippen molar-refractivity contribution >= 4 is 16.5 Å². The molecule has 0 unspecified atom stereocenters. The molecule has 0 aromatic carbocycles. The van der Waals surface area contributed by atoms with E-state index in [1.54, 1.807) is 18.4 Å². The average molecular weight is 215 g/mol. The molecule has 0 fully saturated rings. The van der Waals surface area contributed by atoms with E-state index >= 15 is 0 Å². The van der Waals surface area contributed by atoms with E-state index in [1.807, 2.05) is 20.3 Å². The molecule has 1 aromatic heterocycles. The molecule has 0 bridgehead atoms. The predicted octanol–water partition coefficient (Wildman–Crippen LogP) is 0.945. The minimum absolute atomic E-state index is 0.734. The number of thiazole rings is 1. The first-order valence-corrected chi connectivity index (χ1v) is 5.39. The van der Waals surface area contributed by atoms with Crippen LogP contribution in [0.15, 0.2) is 6.20 Å². The van der Waals surface area contributed by atoms with Gasteiger partial charge in [0.25, 0.3) is 0 Å². The summed E-state index contributed by atoms with van der Waals surface area (Å²) in [7, 11) is 5.68. The lowest BCUT2D eigenvalue weighted by Gasteiger charge is -2.14. The zero-order valence-corrected chi connectivity index (χ0v) is 9.73. The van der Waals surface area contributed by atoms with Crippen LogP contribution < -0.4 is 10.2 Å². The number of nitrogens with one attached hydrogen (secondary N) is 1. The number of ether oxygens (including phenoxy) is 1. The SMILES string of the molecule is CNCc1cnc(N(C)CCOC)s1. The highest BCUT2D eigenvalue weighted by Crippen LogP contribution is 2.20. The number of likely N-dealkylation sites (N-methyl/N-ethyl adjacent to an activating group) is 1. The van der Waals surface area contributed by atoms with E-state index in [2.05, 4.69) is 15.2 Å². The number of rotatable bonds is 6. The standard InChI is InChI=1S/C9H17N3OS/c1-10-6-8-7-11-9(14-8)12(2)4-5-13-3/h7,10H,4-6H2,1-3H3. The van der Waals surface area contributed by atoms with Crippen molar-refractivity contribution in [3.63, 3.8) is 0 Å². The van der Waals surface area contributed by atoms with Crippen molar-refractivity contribution in [2.45, 2.75) is 6.54 Å². The molecule has 14 heavy (non-hydrogen) atoms. The van der Waals surface area contributed by atoms with Crippen LogP contribution in [0.1, 0.15) is 4.88 Å². The van der Waals surface area contributed by atoms with E-state index in [0.717, 1.165) is 24.8 Å². The predicted molar refractivity (Wildman–Crippen MR) is 60.0 cm³/mol. The van der Waals surface area contributed by atoms with Crippen LogP contribution in [0, 0.1) is 0 Å². The molecule has 0 aliphatic rings. The van der Waals surface area contributed by atoms with Crippen molar-refractivity contribution in [2.75, 3.05) is 39.3 Å². The van der Waals surface area contributed by atoms with Crippen LogP contribution in [-0.4, -0.2) is 39.3 Å². The van der Waals surface area contributed by atoms with Crippen LogP contribution in [0.2, 0.25) is 0 Å². The number of anilines is 1. The number of methoxy groups -OCH3 is 1. The molecule has 0 saturated carbocycles. The van der Waals surface area contributed by atoms with Gasteiger partial charge >= 0.3 is 0 Å². The molecule has 1 rings (SSSR count). The molecule has 80 valence electrons. The lowest BCUT2D eigenvalue weighted by atomic mass is 10.5. The second-order valence-electron chi connectivity index (χ2n) is 3.05. The molecule has 0 aliphatic heterocycles. The minimum Gasteiger partial charge on any atom is -0.383 e. The third-order valence-corrected chi connectivity index (χ3v) is 2.96. The van der Waals surface area contributed by atoms with Crippen molar-refractivity contribution < 1.29 is 4.74 Å². The Kier molecular flexibility index (Phi) is 4.86. The Hall–Kier alpha value is -0.650. The van der Waals surface area contributed by atoms with Gasteiger partial charge in [-0.25, -0.2) is 4.98 Å². The van der Waals surface area contributed by atoms with Crippen LogP contribution in [0.3, 0.4) is 0 Å². The first kappa shape index (κ1) is 11.4. The van der Waals surface area contributed by atoms with E-state index in [9.17, 15) is 0 Å². The average Bonchev–Trinajstić information content (AvgIpc) is 2.63. The van der Waals surface area contributed by atoms with Crippen molar-refractivity contribution in [3.05, 3.63) is 11.1 Å². The van der Waals surface area contributed by atoms with Gasteiger partial charge in [0.2, 0.25) is 0 Å². The lowest BCUT2D eigenvalue weighted by molar-refractivity contribution is 0.206. The molecule has 0 aliphatic carbocycles. The maximum absolute atomic E-state index is 5.01. The highest BCUT2D eigenvalue weighted by atomic mass is 32.1. The van der Waals surface area contributed by atoms with E-state index in [1.165, 1.54) is 4.88 Å². The summed E-state index contributed by atoms with van der Waals surface area (Å²) in [5, 5.41) is 4.16. The van der Waals surface area contributed by atoms with E-state index in [-0.39, 0.29) is 0 Å². The minimum atomic E-state index is 0.734. The maximum atomic E-state index is 5.01. The Balaban J connectivity index is 2.48. The van der Waals surface area contributed by atoms with E-state index in [0.29, 0.717) is 0 Å². The Bertz CT molecular complexity index is 264. The van der Waals surface area contributed by atoms with Crippen molar-refractivity contribution in [3.8, 4) is 0 Å². The first-order chi connectivity index (χ1) is 6.77. The molecular weight excluding hydrogens is 198 g/mol. The Labute approximate surface area is 88.9 Å². The fourth-order valence-electron chi connectivity index (χ4n) is 1.05. The van der Waals surface area contributed by atoms with Crippen molar-refractivity contribution in [1.29, 1.82) is 0 Å². The summed E-state index contributed by atoms with van der Waals surface area (Å²) in [6.45, 7) is 2.50. The van der Waals surface area contributed by atoms with Crippen LogP contribution in [0.4, 0.5) is 5.13 Å². The summed E-state index contributed by atoms with van der Waals surface area (Å²) >= 11 is 1.71. The highest BCUT2D eigenvalue weighted by molar-refractivity contribution is 7.15. The van der Waals surface area contributed by atoms with Gasteiger partial charge in [0.1, 0.15) is 0 Å². The van der Waals surface area contributed by atoms with Crippen LogP contribution in [0.25, 0.3) is 0 Å². The zero-order valence-electron chi connectivity index (χ0n) is 8.91. The van der Waals surface area contributed by atoms with E-state index < -0.39 is 0 Å². The summed E-state index contributed by atoms with van der Waals surface area (Å²) in [6.07, 6.45) is 1.92. The largest absolute Gasteiger partial charge is 0.383 e. The van der Waals surface area contributed by atoms with E-state index in [4.69, 9.17) is 4.74 Å². The second-order valence-corrected chi connectivity index (χ2v) is 4.15. The van der Waals surface area contributed by atoms with Crippen LogP contribution in [0.5, 0.6) is 0 Å².